The molecule has 0 aliphatic carbocycles. The Bertz CT molecular complexity index is 1240. The molecule has 4 heterocycles. The number of nitrogens with zero attached hydrogens (tertiary/aromatic N) is 5. The number of fused-ring (bicyclic) bond motifs is 1. The summed E-state index contributed by atoms with van der Waals surface area (Å²) in [6, 6.07) is 6.35. The van der Waals surface area contributed by atoms with Gasteiger partial charge in [-0.2, -0.15) is 0 Å². The molecule has 1 aliphatic rings. The van der Waals surface area contributed by atoms with Crippen molar-refractivity contribution in [3.63, 3.8) is 0 Å². The molecule has 0 radical (unpaired) electrons. The van der Waals surface area contributed by atoms with E-state index in [1.54, 1.807) is 29.5 Å². The van der Waals surface area contributed by atoms with E-state index in [0.717, 1.165) is 52.9 Å². The predicted molar refractivity (Wildman–Crippen MR) is 117 cm³/mol. The Morgan fingerprint density at radius 1 is 1.13 bits per heavy atom. The van der Waals surface area contributed by atoms with E-state index in [-0.39, 0.29) is 11.5 Å². The fourth-order valence-corrected chi connectivity index (χ4v) is 5.42. The SMILES string of the molecule is Cc1sc2nc(CN3CCOCC3)nc(Sc3nnc(-c4ccccc4F)o3)c2c1C. The smallest absolute Gasteiger partial charge is 0.283 e. The number of hydrogen-bond donors (Lipinski definition) is 0. The van der Waals surface area contributed by atoms with Gasteiger partial charge in [-0.3, -0.25) is 4.90 Å². The van der Waals surface area contributed by atoms with Gasteiger partial charge in [-0.05, 0) is 43.3 Å². The van der Waals surface area contributed by atoms with Crippen molar-refractivity contribution < 1.29 is 13.5 Å². The van der Waals surface area contributed by atoms with Crippen LogP contribution >= 0.6 is 23.1 Å². The lowest BCUT2D eigenvalue weighted by Gasteiger charge is -2.25. The third-order valence-electron chi connectivity index (χ3n) is 5.21. The first-order valence-electron chi connectivity index (χ1n) is 9.91. The molecule has 0 N–H and O–H groups in total. The first kappa shape index (κ1) is 20.5. The molecule has 1 aromatic carbocycles. The van der Waals surface area contributed by atoms with Crippen LogP contribution in [0.4, 0.5) is 4.39 Å². The van der Waals surface area contributed by atoms with Crippen molar-refractivity contribution in [1.29, 1.82) is 0 Å². The van der Waals surface area contributed by atoms with Gasteiger partial charge in [0.15, 0.2) is 0 Å². The highest BCUT2D eigenvalue weighted by molar-refractivity contribution is 7.99. The summed E-state index contributed by atoms with van der Waals surface area (Å²) in [4.78, 5) is 14.1. The molecule has 7 nitrogen and oxygen atoms in total. The van der Waals surface area contributed by atoms with Crippen LogP contribution in [-0.4, -0.2) is 51.4 Å². The van der Waals surface area contributed by atoms with E-state index in [4.69, 9.17) is 19.1 Å². The summed E-state index contributed by atoms with van der Waals surface area (Å²) >= 11 is 2.95. The van der Waals surface area contributed by atoms with E-state index in [0.29, 0.717) is 11.8 Å². The zero-order chi connectivity index (χ0) is 21.4. The summed E-state index contributed by atoms with van der Waals surface area (Å²) in [5.74, 6) is 0.508. The van der Waals surface area contributed by atoms with E-state index in [1.807, 2.05) is 0 Å². The minimum absolute atomic E-state index is 0.151. The van der Waals surface area contributed by atoms with Gasteiger partial charge in [-0.1, -0.05) is 12.1 Å². The largest absolute Gasteiger partial charge is 0.411 e. The lowest BCUT2D eigenvalue weighted by atomic mass is 10.2. The second-order valence-electron chi connectivity index (χ2n) is 7.25. The lowest BCUT2D eigenvalue weighted by Crippen LogP contribution is -2.36. The number of ether oxygens (including phenoxy) is 1. The fraction of sp³-hybridized carbons (Fsp3) is 0.333. The van der Waals surface area contributed by atoms with E-state index >= 15 is 0 Å². The monoisotopic (exact) mass is 457 g/mol. The van der Waals surface area contributed by atoms with Crippen molar-refractivity contribution in [2.45, 2.75) is 30.6 Å². The first-order chi connectivity index (χ1) is 15.1. The topological polar surface area (TPSA) is 77.2 Å². The van der Waals surface area contributed by atoms with Crippen molar-refractivity contribution in [3.8, 4) is 11.5 Å². The molecule has 31 heavy (non-hydrogen) atoms. The van der Waals surface area contributed by atoms with Crippen molar-refractivity contribution in [2.24, 2.45) is 0 Å². The second-order valence-corrected chi connectivity index (χ2v) is 9.40. The Labute approximate surface area is 186 Å². The van der Waals surface area contributed by atoms with Gasteiger partial charge in [0, 0.05) is 23.4 Å². The molecule has 0 saturated carbocycles. The minimum Gasteiger partial charge on any atom is -0.411 e. The van der Waals surface area contributed by atoms with Crippen LogP contribution in [0.25, 0.3) is 21.7 Å². The highest BCUT2D eigenvalue weighted by Gasteiger charge is 2.21. The second kappa shape index (κ2) is 8.62. The summed E-state index contributed by atoms with van der Waals surface area (Å²) < 4.78 is 25.3. The first-order valence-corrected chi connectivity index (χ1v) is 11.5. The zero-order valence-corrected chi connectivity index (χ0v) is 18.7. The van der Waals surface area contributed by atoms with E-state index in [9.17, 15) is 4.39 Å². The van der Waals surface area contributed by atoms with Crippen LogP contribution in [-0.2, 0) is 11.3 Å². The zero-order valence-electron chi connectivity index (χ0n) is 17.1. The Balaban J connectivity index is 1.49. The number of benzene rings is 1. The predicted octanol–water partition coefficient (Wildman–Crippen LogP) is 4.48. The van der Waals surface area contributed by atoms with Crippen molar-refractivity contribution in [1.82, 2.24) is 25.1 Å². The standard InChI is InChI=1S/C21H20FN5O2S2/c1-12-13(2)30-19-17(12)20(24-16(23-19)11-27-7-9-28-10-8-27)31-21-26-25-18(29-21)14-5-3-4-6-15(14)22/h3-6H,7-11H2,1-2H3. The number of morpholine rings is 1. The number of aryl methyl sites for hydroxylation is 2. The average Bonchev–Trinajstić information content (AvgIpc) is 3.33. The lowest BCUT2D eigenvalue weighted by molar-refractivity contribution is 0.0330. The molecule has 4 aromatic rings. The summed E-state index contributed by atoms with van der Waals surface area (Å²) in [5.41, 5.74) is 1.43. The Kier molecular flexibility index (Phi) is 5.70. The maximum atomic E-state index is 14.1. The molecule has 3 aromatic heterocycles. The Morgan fingerprint density at radius 3 is 2.74 bits per heavy atom. The molecular formula is C21H20FN5O2S2. The van der Waals surface area contributed by atoms with Gasteiger partial charge in [0.1, 0.15) is 21.5 Å². The van der Waals surface area contributed by atoms with E-state index in [1.165, 1.54) is 22.7 Å². The number of rotatable bonds is 5. The van der Waals surface area contributed by atoms with Gasteiger partial charge in [0.25, 0.3) is 11.1 Å². The van der Waals surface area contributed by atoms with Gasteiger partial charge in [-0.15, -0.1) is 21.5 Å². The molecule has 1 saturated heterocycles. The number of aromatic nitrogens is 4. The Morgan fingerprint density at radius 2 is 1.94 bits per heavy atom. The van der Waals surface area contributed by atoms with Gasteiger partial charge in [0.2, 0.25) is 0 Å². The van der Waals surface area contributed by atoms with E-state index in [2.05, 4.69) is 28.9 Å². The highest BCUT2D eigenvalue weighted by Crippen LogP contribution is 2.38. The maximum Gasteiger partial charge on any atom is 0.283 e. The molecule has 1 aliphatic heterocycles. The molecule has 5 rings (SSSR count). The molecule has 0 atom stereocenters. The van der Waals surface area contributed by atoms with Crippen LogP contribution in [0.1, 0.15) is 16.3 Å². The van der Waals surface area contributed by atoms with Crippen LogP contribution in [0.2, 0.25) is 0 Å². The molecule has 160 valence electrons. The van der Waals surface area contributed by atoms with Gasteiger partial charge < -0.3 is 9.15 Å². The number of thiophene rings is 1. The molecular weight excluding hydrogens is 437 g/mol. The summed E-state index contributed by atoms with van der Waals surface area (Å²) in [6.07, 6.45) is 0. The minimum atomic E-state index is -0.399. The molecule has 10 heteroatoms. The van der Waals surface area contributed by atoms with E-state index < -0.39 is 5.82 Å². The van der Waals surface area contributed by atoms with Crippen molar-refractivity contribution in [3.05, 3.63) is 46.3 Å². The third-order valence-corrected chi connectivity index (χ3v) is 7.13. The summed E-state index contributed by atoms with van der Waals surface area (Å²) in [6.45, 7) is 7.99. The molecule has 0 unspecified atom stereocenters. The molecule has 0 spiro atoms. The highest BCUT2D eigenvalue weighted by atomic mass is 32.2. The van der Waals surface area contributed by atoms with Crippen LogP contribution < -0.4 is 0 Å². The van der Waals surface area contributed by atoms with Crippen molar-refractivity contribution >= 4 is 33.3 Å². The van der Waals surface area contributed by atoms with Crippen LogP contribution in [0.15, 0.2) is 38.9 Å². The van der Waals surface area contributed by atoms with Crippen LogP contribution in [0, 0.1) is 19.7 Å². The average molecular weight is 458 g/mol. The fourth-order valence-electron chi connectivity index (χ4n) is 3.44. The maximum absolute atomic E-state index is 14.1. The molecule has 0 amide bonds. The molecule has 1 fully saturated rings. The summed E-state index contributed by atoms with van der Waals surface area (Å²) in [5, 5.41) is 10.2. The quantitative estimate of drug-likeness (QED) is 0.406. The number of hydrogen-bond acceptors (Lipinski definition) is 9. The molecule has 0 bridgehead atoms. The van der Waals surface area contributed by atoms with Crippen molar-refractivity contribution in [2.75, 3.05) is 26.3 Å². The van der Waals surface area contributed by atoms with Gasteiger partial charge in [-0.25, -0.2) is 14.4 Å². The van der Waals surface area contributed by atoms with Crippen LogP contribution in [0.5, 0.6) is 0 Å². The van der Waals surface area contributed by atoms with Gasteiger partial charge in [0.05, 0.1) is 25.3 Å². The normalized spacial score (nSPS) is 15.1. The Hall–Kier alpha value is -2.40. The van der Waals surface area contributed by atoms with Crippen LogP contribution in [0.3, 0.4) is 0 Å². The summed E-state index contributed by atoms with van der Waals surface area (Å²) in [7, 11) is 0. The van der Waals surface area contributed by atoms with Gasteiger partial charge >= 0.3 is 0 Å². The number of halogens is 1. The third kappa shape index (κ3) is 4.20.